The van der Waals surface area contributed by atoms with Crippen molar-refractivity contribution in [2.24, 2.45) is 5.73 Å². The zero-order valence-corrected chi connectivity index (χ0v) is 11.7. The van der Waals surface area contributed by atoms with Crippen LogP contribution in [0.3, 0.4) is 0 Å². The van der Waals surface area contributed by atoms with Crippen LogP contribution >= 0.6 is 11.3 Å². The molecule has 0 aliphatic carbocycles. The zero-order valence-electron chi connectivity index (χ0n) is 10.9. The van der Waals surface area contributed by atoms with Gasteiger partial charge in [0.05, 0.1) is 22.8 Å². The van der Waals surface area contributed by atoms with Gasteiger partial charge in [-0.2, -0.15) is 0 Å². The molecule has 1 aromatic heterocycles. The Morgan fingerprint density at radius 2 is 2.18 bits per heavy atom. The number of nitrogens with one attached hydrogen (secondary N) is 1. The Bertz CT molecular complexity index is 389. The molecular formula is C12H21N3OS. The SMILES string of the molecule is CCCC(N)C(=O)NC(C)c1sc(C)nc1C. The van der Waals surface area contributed by atoms with Crippen LogP contribution in [-0.4, -0.2) is 16.9 Å². The third-order valence-electron chi connectivity index (χ3n) is 2.63. The molecule has 3 N–H and O–H groups in total. The summed E-state index contributed by atoms with van der Waals surface area (Å²) in [6.07, 6.45) is 1.64. The second-order valence-electron chi connectivity index (χ2n) is 4.31. The van der Waals surface area contributed by atoms with Gasteiger partial charge < -0.3 is 11.1 Å². The topological polar surface area (TPSA) is 68.0 Å². The van der Waals surface area contributed by atoms with Crippen LogP contribution in [0.15, 0.2) is 0 Å². The number of hydrogen-bond donors (Lipinski definition) is 2. The van der Waals surface area contributed by atoms with Crippen molar-refractivity contribution in [3.05, 3.63) is 15.6 Å². The summed E-state index contributed by atoms with van der Waals surface area (Å²) in [6, 6.07) is -0.423. The van der Waals surface area contributed by atoms with Crippen LogP contribution in [0.25, 0.3) is 0 Å². The first-order valence-electron chi connectivity index (χ1n) is 5.95. The van der Waals surface area contributed by atoms with Crippen LogP contribution in [0.1, 0.15) is 48.3 Å². The van der Waals surface area contributed by atoms with Crippen molar-refractivity contribution in [3.8, 4) is 0 Å². The van der Waals surface area contributed by atoms with Crippen LogP contribution in [0.4, 0.5) is 0 Å². The van der Waals surface area contributed by atoms with Gasteiger partial charge in [-0.05, 0) is 27.2 Å². The number of carbonyl (C=O) groups excluding carboxylic acids is 1. The fourth-order valence-corrected chi connectivity index (χ4v) is 2.71. The van der Waals surface area contributed by atoms with E-state index in [1.54, 1.807) is 11.3 Å². The Balaban J connectivity index is 2.63. The normalized spacial score (nSPS) is 14.4. The molecule has 5 heteroatoms. The van der Waals surface area contributed by atoms with E-state index in [1.807, 2.05) is 27.7 Å². The molecule has 0 aliphatic heterocycles. The van der Waals surface area contributed by atoms with Gasteiger partial charge in [0, 0.05) is 4.88 Å². The smallest absolute Gasteiger partial charge is 0.237 e. The first-order chi connectivity index (χ1) is 7.95. The molecule has 1 rings (SSSR count). The van der Waals surface area contributed by atoms with Crippen molar-refractivity contribution < 1.29 is 4.79 Å². The lowest BCUT2D eigenvalue weighted by Gasteiger charge is -2.16. The minimum atomic E-state index is -0.406. The maximum absolute atomic E-state index is 11.8. The summed E-state index contributed by atoms with van der Waals surface area (Å²) in [5, 5.41) is 3.97. The number of aromatic nitrogens is 1. The van der Waals surface area contributed by atoms with Crippen molar-refractivity contribution in [1.29, 1.82) is 0 Å². The Morgan fingerprint density at radius 1 is 1.53 bits per heavy atom. The second-order valence-corrected chi connectivity index (χ2v) is 5.54. The van der Waals surface area contributed by atoms with Crippen LogP contribution in [-0.2, 0) is 4.79 Å². The van der Waals surface area contributed by atoms with Gasteiger partial charge in [0.25, 0.3) is 0 Å². The largest absolute Gasteiger partial charge is 0.347 e. The molecule has 2 unspecified atom stereocenters. The number of nitrogens with two attached hydrogens (primary N) is 1. The van der Waals surface area contributed by atoms with Gasteiger partial charge in [-0.15, -0.1) is 11.3 Å². The average Bonchev–Trinajstić information content (AvgIpc) is 2.58. The minimum absolute atomic E-state index is 0.0170. The van der Waals surface area contributed by atoms with E-state index in [2.05, 4.69) is 10.3 Å². The fraction of sp³-hybridized carbons (Fsp3) is 0.667. The van der Waals surface area contributed by atoms with E-state index in [9.17, 15) is 4.79 Å². The van der Waals surface area contributed by atoms with E-state index in [0.29, 0.717) is 0 Å². The number of amides is 1. The number of thiazole rings is 1. The molecule has 17 heavy (non-hydrogen) atoms. The third kappa shape index (κ3) is 3.78. The van der Waals surface area contributed by atoms with Gasteiger partial charge in [-0.25, -0.2) is 4.98 Å². The molecule has 1 heterocycles. The number of carbonyl (C=O) groups is 1. The lowest BCUT2D eigenvalue weighted by Crippen LogP contribution is -2.41. The van der Waals surface area contributed by atoms with Gasteiger partial charge in [0.1, 0.15) is 0 Å². The Kier molecular flexibility index (Phi) is 5.08. The Morgan fingerprint density at radius 3 is 2.65 bits per heavy atom. The van der Waals surface area contributed by atoms with E-state index < -0.39 is 6.04 Å². The van der Waals surface area contributed by atoms with Gasteiger partial charge in [0.15, 0.2) is 0 Å². The summed E-state index contributed by atoms with van der Waals surface area (Å²) < 4.78 is 0. The van der Waals surface area contributed by atoms with Crippen LogP contribution < -0.4 is 11.1 Å². The van der Waals surface area contributed by atoms with Crippen molar-refractivity contribution in [1.82, 2.24) is 10.3 Å². The molecule has 0 saturated heterocycles. The molecule has 0 bridgehead atoms. The number of hydrogen-bond acceptors (Lipinski definition) is 4. The van der Waals surface area contributed by atoms with Gasteiger partial charge in [0.2, 0.25) is 5.91 Å². The molecule has 0 radical (unpaired) electrons. The van der Waals surface area contributed by atoms with Crippen molar-refractivity contribution in [2.75, 3.05) is 0 Å². The first kappa shape index (κ1) is 14.1. The molecule has 0 aromatic carbocycles. The molecule has 1 aromatic rings. The molecule has 0 aliphatic rings. The van der Waals surface area contributed by atoms with E-state index in [0.717, 1.165) is 28.4 Å². The van der Waals surface area contributed by atoms with Crippen molar-refractivity contribution in [2.45, 2.75) is 52.6 Å². The Labute approximate surface area is 107 Å². The average molecular weight is 255 g/mol. The summed E-state index contributed by atoms with van der Waals surface area (Å²) in [7, 11) is 0. The van der Waals surface area contributed by atoms with E-state index in [4.69, 9.17) is 5.73 Å². The highest BCUT2D eigenvalue weighted by atomic mass is 32.1. The molecule has 1 amide bonds. The predicted octanol–water partition coefficient (Wildman–Crippen LogP) is 2.06. The molecular weight excluding hydrogens is 234 g/mol. The predicted molar refractivity (Wildman–Crippen MR) is 71.0 cm³/mol. The molecule has 96 valence electrons. The molecule has 0 saturated carbocycles. The summed E-state index contributed by atoms with van der Waals surface area (Å²) in [6.45, 7) is 7.93. The summed E-state index contributed by atoms with van der Waals surface area (Å²) in [4.78, 5) is 17.3. The minimum Gasteiger partial charge on any atom is -0.347 e. The monoisotopic (exact) mass is 255 g/mol. The molecule has 0 fully saturated rings. The van der Waals surface area contributed by atoms with Gasteiger partial charge in [-0.1, -0.05) is 13.3 Å². The standard InChI is InChI=1S/C12H21N3OS/c1-5-6-10(13)12(16)15-8(3)11-7(2)14-9(4)17-11/h8,10H,5-6,13H2,1-4H3,(H,15,16). The summed E-state index contributed by atoms with van der Waals surface area (Å²) >= 11 is 1.62. The summed E-state index contributed by atoms with van der Waals surface area (Å²) in [5.41, 5.74) is 6.76. The highest BCUT2D eigenvalue weighted by molar-refractivity contribution is 7.11. The molecule has 0 spiro atoms. The molecule has 2 atom stereocenters. The van der Waals surface area contributed by atoms with Crippen LogP contribution in [0.2, 0.25) is 0 Å². The van der Waals surface area contributed by atoms with Gasteiger partial charge in [-0.3, -0.25) is 4.79 Å². The Hall–Kier alpha value is -0.940. The quantitative estimate of drug-likeness (QED) is 0.846. The third-order valence-corrected chi connectivity index (χ3v) is 3.88. The maximum atomic E-state index is 11.8. The second kappa shape index (κ2) is 6.12. The summed E-state index contributed by atoms with van der Waals surface area (Å²) in [5.74, 6) is -0.0789. The number of rotatable bonds is 5. The zero-order chi connectivity index (χ0) is 13.0. The van der Waals surface area contributed by atoms with Crippen LogP contribution in [0, 0.1) is 13.8 Å². The molecule has 4 nitrogen and oxygen atoms in total. The van der Waals surface area contributed by atoms with E-state index >= 15 is 0 Å². The highest BCUT2D eigenvalue weighted by Crippen LogP contribution is 2.24. The lowest BCUT2D eigenvalue weighted by molar-refractivity contribution is -0.123. The number of aryl methyl sites for hydroxylation is 2. The lowest BCUT2D eigenvalue weighted by atomic mass is 10.1. The van der Waals surface area contributed by atoms with Crippen LogP contribution in [0.5, 0.6) is 0 Å². The van der Waals surface area contributed by atoms with E-state index in [-0.39, 0.29) is 11.9 Å². The van der Waals surface area contributed by atoms with Crippen molar-refractivity contribution >= 4 is 17.2 Å². The van der Waals surface area contributed by atoms with E-state index in [1.165, 1.54) is 0 Å². The number of nitrogens with zero attached hydrogens (tertiary/aromatic N) is 1. The highest BCUT2D eigenvalue weighted by Gasteiger charge is 2.18. The van der Waals surface area contributed by atoms with Gasteiger partial charge >= 0.3 is 0 Å². The first-order valence-corrected chi connectivity index (χ1v) is 6.77. The maximum Gasteiger partial charge on any atom is 0.237 e. The fourth-order valence-electron chi connectivity index (χ4n) is 1.78. The van der Waals surface area contributed by atoms with Crippen molar-refractivity contribution in [3.63, 3.8) is 0 Å².